The van der Waals surface area contributed by atoms with E-state index in [-0.39, 0.29) is 5.73 Å². The van der Waals surface area contributed by atoms with E-state index in [1.165, 1.54) is 0 Å². The summed E-state index contributed by atoms with van der Waals surface area (Å²) in [5.74, 6) is 0. The van der Waals surface area contributed by atoms with Crippen LogP contribution in [0.4, 0.5) is 0 Å². The summed E-state index contributed by atoms with van der Waals surface area (Å²) in [4.78, 5) is 0. The predicted octanol–water partition coefficient (Wildman–Crippen LogP) is 4.72. The van der Waals surface area contributed by atoms with Gasteiger partial charge in [-0.1, -0.05) is 38.3 Å². The van der Waals surface area contributed by atoms with Gasteiger partial charge in [-0.15, -0.1) is 33.2 Å². The van der Waals surface area contributed by atoms with Gasteiger partial charge >= 0.3 is 6.00 Å². The summed E-state index contributed by atoms with van der Waals surface area (Å²) in [6, 6.07) is -2.75. The fraction of sp³-hybridized carbons (Fsp3) is 0.800. The molecule has 90 valence electrons. The maximum Gasteiger partial charge on any atom is 0.369 e. The van der Waals surface area contributed by atoms with Crippen LogP contribution in [0.1, 0.15) is 39.5 Å². The Labute approximate surface area is 108 Å². The molecule has 0 bridgehead atoms. The van der Waals surface area contributed by atoms with Crippen molar-refractivity contribution in [3.8, 4) is 0 Å². The Hall–Kier alpha value is 0.787. The summed E-state index contributed by atoms with van der Waals surface area (Å²) in [6.07, 6.45) is 4.21. The standard InChI is InChI=1S/C10H19Cl3OSi/c1-4-5-6-7-10(15(11,12)13)14-8-9(2)3/h10H,2,4-8H2,1,3H3. The molecule has 0 aliphatic rings. The van der Waals surface area contributed by atoms with Gasteiger partial charge in [-0.05, 0) is 13.3 Å². The lowest BCUT2D eigenvalue weighted by Crippen LogP contribution is -2.34. The minimum atomic E-state index is -2.75. The van der Waals surface area contributed by atoms with E-state index in [0.717, 1.165) is 31.3 Å². The third-order valence-electron chi connectivity index (χ3n) is 1.97. The van der Waals surface area contributed by atoms with Crippen molar-refractivity contribution < 1.29 is 4.74 Å². The molecule has 0 heterocycles. The molecule has 0 aromatic heterocycles. The fourth-order valence-corrected chi connectivity index (χ4v) is 3.52. The first-order chi connectivity index (χ1) is 6.88. The molecule has 0 radical (unpaired) electrons. The van der Waals surface area contributed by atoms with Gasteiger partial charge in [-0.3, -0.25) is 0 Å². The zero-order valence-electron chi connectivity index (χ0n) is 9.36. The van der Waals surface area contributed by atoms with Crippen LogP contribution >= 0.6 is 33.2 Å². The monoisotopic (exact) mass is 288 g/mol. The van der Waals surface area contributed by atoms with Gasteiger partial charge in [0, 0.05) is 0 Å². The molecular weight excluding hydrogens is 271 g/mol. The normalized spacial score (nSPS) is 13.9. The van der Waals surface area contributed by atoms with Crippen molar-refractivity contribution >= 4 is 39.2 Å². The number of rotatable bonds is 8. The van der Waals surface area contributed by atoms with Gasteiger partial charge in [0.25, 0.3) is 0 Å². The van der Waals surface area contributed by atoms with Gasteiger partial charge < -0.3 is 4.74 Å². The van der Waals surface area contributed by atoms with Crippen LogP contribution in [0.3, 0.4) is 0 Å². The van der Waals surface area contributed by atoms with E-state index in [1.807, 2.05) is 6.92 Å². The lowest BCUT2D eigenvalue weighted by Gasteiger charge is -2.22. The molecule has 1 unspecified atom stereocenters. The van der Waals surface area contributed by atoms with Crippen molar-refractivity contribution in [3.63, 3.8) is 0 Å². The molecule has 5 heteroatoms. The van der Waals surface area contributed by atoms with Crippen LogP contribution in [0, 0.1) is 0 Å². The Morgan fingerprint density at radius 1 is 1.33 bits per heavy atom. The van der Waals surface area contributed by atoms with E-state index in [2.05, 4.69) is 13.5 Å². The molecule has 0 amide bonds. The second-order valence-corrected chi connectivity index (χ2v) is 12.6. The van der Waals surface area contributed by atoms with Crippen LogP contribution in [0.5, 0.6) is 0 Å². The molecule has 1 nitrogen and oxygen atoms in total. The van der Waals surface area contributed by atoms with Crippen LogP contribution in [0.15, 0.2) is 12.2 Å². The third-order valence-corrected chi connectivity index (χ3v) is 5.34. The summed E-state index contributed by atoms with van der Waals surface area (Å²) < 4.78 is 5.58. The highest BCUT2D eigenvalue weighted by atomic mass is 35.8. The Morgan fingerprint density at radius 2 is 1.93 bits per heavy atom. The first kappa shape index (κ1) is 15.8. The first-order valence-electron chi connectivity index (χ1n) is 5.20. The number of hydrogen-bond donors (Lipinski definition) is 0. The van der Waals surface area contributed by atoms with Gasteiger partial charge in [0.05, 0.1) is 12.3 Å². The Morgan fingerprint density at radius 3 is 2.33 bits per heavy atom. The van der Waals surface area contributed by atoms with Crippen LogP contribution in [-0.2, 0) is 4.74 Å². The topological polar surface area (TPSA) is 9.23 Å². The average Bonchev–Trinajstić information content (AvgIpc) is 2.08. The number of hydrogen-bond acceptors (Lipinski definition) is 1. The molecule has 0 aromatic carbocycles. The van der Waals surface area contributed by atoms with Gasteiger partial charge in [0.15, 0.2) is 0 Å². The van der Waals surface area contributed by atoms with E-state index in [9.17, 15) is 0 Å². The maximum atomic E-state index is 5.98. The molecule has 0 saturated carbocycles. The Kier molecular flexibility index (Phi) is 8.38. The van der Waals surface area contributed by atoms with E-state index in [0.29, 0.717) is 6.61 Å². The summed E-state index contributed by atoms with van der Waals surface area (Å²) in [6.45, 7) is 8.31. The van der Waals surface area contributed by atoms with Crippen molar-refractivity contribution in [1.82, 2.24) is 0 Å². The van der Waals surface area contributed by atoms with Crippen LogP contribution in [0.2, 0.25) is 0 Å². The number of halogens is 3. The van der Waals surface area contributed by atoms with Crippen molar-refractivity contribution in [3.05, 3.63) is 12.2 Å². The minimum Gasteiger partial charge on any atom is -0.373 e. The summed E-state index contributed by atoms with van der Waals surface area (Å²) in [7, 11) is 0. The Bertz CT molecular complexity index is 192. The molecule has 0 fully saturated rings. The van der Waals surface area contributed by atoms with E-state index in [1.54, 1.807) is 0 Å². The molecule has 0 N–H and O–H groups in total. The molecule has 0 aromatic rings. The molecular formula is C10H19Cl3OSi. The molecule has 0 rings (SSSR count). The minimum absolute atomic E-state index is 0.203. The van der Waals surface area contributed by atoms with Crippen molar-refractivity contribution in [2.75, 3.05) is 6.61 Å². The highest BCUT2D eigenvalue weighted by Crippen LogP contribution is 2.30. The molecule has 0 aliphatic heterocycles. The predicted molar refractivity (Wildman–Crippen MR) is 72.0 cm³/mol. The van der Waals surface area contributed by atoms with Crippen LogP contribution < -0.4 is 0 Å². The van der Waals surface area contributed by atoms with Gasteiger partial charge in [0.1, 0.15) is 0 Å². The number of ether oxygens (including phenoxy) is 1. The molecule has 1 atom stereocenters. The van der Waals surface area contributed by atoms with E-state index >= 15 is 0 Å². The zero-order valence-corrected chi connectivity index (χ0v) is 12.6. The van der Waals surface area contributed by atoms with Crippen molar-refractivity contribution in [2.24, 2.45) is 0 Å². The third kappa shape index (κ3) is 8.58. The van der Waals surface area contributed by atoms with Gasteiger partial charge in [-0.2, -0.15) is 0 Å². The SMILES string of the molecule is C=C(C)COC(CCCCC)[Si](Cl)(Cl)Cl. The number of unbranched alkanes of at least 4 members (excludes halogenated alkanes) is 2. The summed E-state index contributed by atoms with van der Waals surface area (Å²) >= 11 is 17.9. The summed E-state index contributed by atoms with van der Waals surface area (Å²) in [5.41, 5.74) is 0.754. The van der Waals surface area contributed by atoms with Crippen LogP contribution in [-0.4, -0.2) is 18.3 Å². The molecule has 15 heavy (non-hydrogen) atoms. The zero-order chi connectivity index (χ0) is 11.9. The second kappa shape index (κ2) is 7.96. The largest absolute Gasteiger partial charge is 0.373 e. The lowest BCUT2D eigenvalue weighted by molar-refractivity contribution is 0.116. The highest BCUT2D eigenvalue weighted by Gasteiger charge is 2.37. The molecule has 0 aliphatic carbocycles. The van der Waals surface area contributed by atoms with E-state index < -0.39 is 6.00 Å². The van der Waals surface area contributed by atoms with Crippen molar-refractivity contribution in [2.45, 2.75) is 45.3 Å². The highest BCUT2D eigenvalue weighted by molar-refractivity contribution is 7.65. The molecule has 0 saturated heterocycles. The smallest absolute Gasteiger partial charge is 0.369 e. The maximum absolute atomic E-state index is 5.98. The average molecular weight is 290 g/mol. The van der Waals surface area contributed by atoms with Crippen molar-refractivity contribution in [1.29, 1.82) is 0 Å². The molecule has 0 spiro atoms. The fourth-order valence-electron chi connectivity index (χ4n) is 1.16. The first-order valence-corrected chi connectivity index (χ1v) is 10.3. The lowest BCUT2D eigenvalue weighted by atomic mass is 10.2. The van der Waals surface area contributed by atoms with Gasteiger partial charge in [0.2, 0.25) is 0 Å². The van der Waals surface area contributed by atoms with E-state index in [4.69, 9.17) is 38.0 Å². The van der Waals surface area contributed by atoms with Gasteiger partial charge in [-0.25, -0.2) is 0 Å². The summed E-state index contributed by atoms with van der Waals surface area (Å²) in [5, 5.41) is 0. The Balaban J connectivity index is 4.02. The second-order valence-electron chi connectivity index (χ2n) is 3.79. The van der Waals surface area contributed by atoms with Crippen LogP contribution in [0.25, 0.3) is 0 Å². The quantitative estimate of drug-likeness (QED) is 0.272.